The number of carbonyl (C=O) groups is 1. The van der Waals surface area contributed by atoms with Gasteiger partial charge in [-0.25, -0.2) is 9.48 Å². The molecule has 2 aromatic carbocycles. The van der Waals surface area contributed by atoms with Crippen molar-refractivity contribution in [1.82, 2.24) is 30.4 Å². The Morgan fingerprint density at radius 2 is 1.88 bits per heavy atom. The molecule has 0 spiro atoms. The number of H-pyrrole nitrogens is 1. The van der Waals surface area contributed by atoms with Crippen molar-refractivity contribution >= 4 is 5.97 Å². The summed E-state index contributed by atoms with van der Waals surface area (Å²) >= 11 is 0. The van der Waals surface area contributed by atoms with Gasteiger partial charge in [0.2, 0.25) is 0 Å². The van der Waals surface area contributed by atoms with Crippen LogP contribution in [0.1, 0.15) is 10.5 Å². The van der Waals surface area contributed by atoms with Crippen LogP contribution in [0.25, 0.3) is 28.1 Å². The smallest absolute Gasteiger partial charge is 0.356 e. The number of nitrogens with one attached hydrogen (secondary N) is 1. The van der Waals surface area contributed by atoms with Gasteiger partial charge in [0.25, 0.3) is 0 Å². The third kappa shape index (κ3) is 2.65. The normalized spacial score (nSPS) is 10.7. The Hall–Kier alpha value is -3.81. The van der Waals surface area contributed by atoms with Crippen molar-refractivity contribution in [2.45, 2.75) is 0 Å². The van der Waals surface area contributed by atoms with E-state index in [0.717, 1.165) is 16.7 Å². The van der Waals surface area contributed by atoms with E-state index in [0.29, 0.717) is 11.4 Å². The first kappa shape index (κ1) is 14.8. The van der Waals surface area contributed by atoms with Gasteiger partial charge in [0, 0.05) is 5.56 Å². The number of aromatic carboxylic acids is 1. The van der Waals surface area contributed by atoms with Crippen LogP contribution in [0.15, 0.2) is 60.9 Å². The summed E-state index contributed by atoms with van der Waals surface area (Å²) in [6.45, 7) is 0. The zero-order chi connectivity index (χ0) is 17.2. The first-order valence-corrected chi connectivity index (χ1v) is 7.44. The third-order valence-electron chi connectivity index (χ3n) is 3.79. The Kier molecular flexibility index (Phi) is 3.55. The van der Waals surface area contributed by atoms with E-state index in [1.54, 1.807) is 12.3 Å². The van der Waals surface area contributed by atoms with E-state index < -0.39 is 5.97 Å². The molecule has 0 bridgehead atoms. The Balaban J connectivity index is 1.92. The maximum absolute atomic E-state index is 11.3. The Morgan fingerprint density at radius 3 is 2.60 bits per heavy atom. The van der Waals surface area contributed by atoms with Crippen LogP contribution in [0.5, 0.6) is 0 Å². The average Bonchev–Trinajstić information content (AvgIpc) is 3.34. The van der Waals surface area contributed by atoms with Crippen LogP contribution in [-0.2, 0) is 0 Å². The van der Waals surface area contributed by atoms with Crippen molar-refractivity contribution in [2.75, 3.05) is 0 Å². The number of hydrogen-bond donors (Lipinski definition) is 2. The molecular formula is C17H12N6O2. The molecule has 0 unspecified atom stereocenters. The average molecular weight is 332 g/mol. The van der Waals surface area contributed by atoms with Gasteiger partial charge in [-0.1, -0.05) is 41.6 Å². The molecule has 8 heteroatoms. The molecule has 0 aliphatic rings. The fraction of sp³-hybridized carbons (Fsp3) is 0. The molecule has 0 atom stereocenters. The largest absolute Gasteiger partial charge is 0.476 e. The van der Waals surface area contributed by atoms with Crippen molar-refractivity contribution in [3.63, 3.8) is 0 Å². The Bertz CT molecular complexity index is 1020. The van der Waals surface area contributed by atoms with Crippen molar-refractivity contribution in [3.8, 4) is 28.1 Å². The number of carboxylic acid groups (broad SMARTS) is 1. The zero-order valence-corrected chi connectivity index (χ0v) is 12.9. The van der Waals surface area contributed by atoms with Gasteiger partial charge in [0.1, 0.15) is 5.69 Å². The standard InChI is InChI=1S/C17H12N6O2/c24-17(25)16-10-19-22-23(16)12-6-7-13(11-4-2-1-3-5-11)14(8-12)15-9-18-21-20-15/h1-10H,(H,24,25)(H,18,20,21). The van der Waals surface area contributed by atoms with Gasteiger partial charge in [0.15, 0.2) is 5.69 Å². The summed E-state index contributed by atoms with van der Waals surface area (Å²) in [4.78, 5) is 11.3. The first-order chi connectivity index (χ1) is 12.2. The van der Waals surface area contributed by atoms with Crippen LogP contribution in [0.3, 0.4) is 0 Å². The zero-order valence-electron chi connectivity index (χ0n) is 12.9. The van der Waals surface area contributed by atoms with Crippen LogP contribution in [0, 0.1) is 0 Å². The number of aromatic amines is 1. The lowest BCUT2D eigenvalue weighted by Gasteiger charge is -2.11. The van der Waals surface area contributed by atoms with Crippen molar-refractivity contribution in [2.24, 2.45) is 0 Å². The van der Waals surface area contributed by atoms with Crippen molar-refractivity contribution < 1.29 is 9.90 Å². The van der Waals surface area contributed by atoms with Crippen molar-refractivity contribution in [1.29, 1.82) is 0 Å². The molecule has 2 aromatic heterocycles. The fourth-order valence-electron chi connectivity index (χ4n) is 2.65. The van der Waals surface area contributed by atoms with Crippen LogP contribution in [0.4, 0.5) is 0 Å². The van der Waals surface area contributed by atoms with E-state index in [2.05, 4.69) is 25.7 Å². The summed E-state index contributed by atoms with van der Waals surface area (Å²) in [5, 5.41) is 27.5. The number of rotatable bonds is 4. The van der Waals surface area contributed by atoms with Crippen molar-refractivity contribution in [3.05, 3.63) is 66.6 Å². The highest BCUT2D eigenvalue weighted by Gasteiger charge is 2.16. The third-order valence-corrected chi connectivity index (χ3v) is 3.79. The van der Waals surface area contributed by atoms with Crippen LogP contribution in [-0.4, -0.2) is 41.5 Å². The van der Waals surface area contributed by atoms with Gasteiger partial charge in [-0.15, -0.1) is 5.10 Å². The van der Waals surface area contributed by atoms with Crippen LogP contribution in [0.2, 0.25) is 0 Å². The summed E-state index contributed by atoms with van der Waals surface area (Å²) in [5.74, 6) is -1.10. The van der Waals surface area contributed by atoms with E-state index in [9.17, 15) is 9.90 Å². The maximum atomic E-state index is 11.3. The molecule has 8 nitrogen and oxygen atoms in total. The molecule has 4 aromatic rings. The molecule has 0 fully saturated rings. The second-order valence-corrected chi connectivity index (χ2v) is 5.29. The minimum atomic E-state index is -1.10. The van der Waals surface area contributed by atoms with Gasteiger partial charge in [-0.3, -0.25) is 0 Å². The fourth-order valence-corrected chi connectivity index (χ4v) is 2.65. The van der Waals surface area contributed by atoms with E-state index >= 15 is 0 Å². The Labute approximate surface area is 141 Å². The number of benzene rings is 2. The molecule has 0 aliphatic carbocycles. The summed E-state index contributed by atoms with van der Waals surface area (Å²) < 4.78 is 1.28. The van der Waals surface area contributed by atoms with Crippen LogP contribution < -0.4 is 0 Å². The predicted octanol–water partition coefficient (Wildman–Crippen LogP) is 2.42. The minimum Gasteiger partial charge on any atom is -0.476 e. The molecule has 2 heterocycles. The lowest BCUT2D eigenvalue weighted by molar-refractivity contribution is 0.0687. The van der Waals surface area contributed by atoms with Crippen LogP contribution >= 0.6 is 0 Å². The summed E-state index contributed by atoms with van der Waals surface area (Å²) in [7, 11) is 0. The van der Waals surface area contributed by atoms with Gasteiger partial charge in [0.05, 0.1) is 18.1 Å². The second kappa shape index (κ2) is 6.00. The molecule has 0 saturated carbocycles. The predicted molar refractivity (Wildman–Crippen MR) is 89.1 cm³/mol. The SMILES string of the molecule is O=C(O)c1cnnn1-c1ccc(-c2ccccc2)c(-c2cn[nH]n2)c1. The van der Waals surface area contributed by atoms with E-state index in [1.807, 2.05) is 42.5 Å². The molecule has 0 aliphatic heterocycles. The molecular weight excluding hydrogens is 320 g/mol. The van der Waals surface area contributed by atoms with E-state index in [1.165, 1.54) is 10.9 Å². The topological polar surface area (TPSA) is 110 Å². The molecule has 0 amide bonds. The highest BCUT2D eigenvalue weighted by atomic mass is 16.4. The van der Waals surface area contributed by atoms with E-state index in [-0.39, 0.29) is 5.69 Å². The summed E-state index contributed by atoms with van der Waals surface area (Å²) in [6, 6.07) is 15.4. The molecule has 122 valence electrons. The molecule has 2 N–H and O–H groups in total. The lowest BCUT2D eigenvalue weighted by Crippen LogP contribution is -2.08. The van der Waals surface area contributed by atoms with E-state index in [4.69, 9.17) is 0 Å². The second-order valence-electron chi connectivity index (χ2n) is 5.29. The van der Waals surface area contributed by atoms with Gasteiger partial charge < -0.3 is 5.11 Å². The number of aromatic nitrogens is 6. The monoisotopic (exact) mass is 332 g/mol. The minimum absolute atomic E-state index is 0.0152. The summed E-state index contributed by atoms with van der Waals surface area (Å²) in [5.41, 5.74) is 3.99. The first-order valence-electron chi connectivity index (χ1n) is 7.44. The Morgan fingerprint density at radius 1 is 1.04 bits per heavy atom. The summed E-state index contributed by atoms with van der Waals surface area (Å²) in [6.07, 6.45) is 2.83. The van der Waals surface area contributed by atoms with Gasteiger partial charge in [-0.05, 0) is 23.3 Å². The highest BCUT2D eigenvalue weighted by molar-refractivity contribution is 5.87. The number of carboxylic acids is 1. The van der Waals surface area contributed by atoms with Gasteiger partial charge >= 0.3 is 5.97 Å². The quantitative estimate of drug-likeness (QED) is 0.594. The maximum Gasteiger partial charge on any atom is 0.356 e. The molecule has 25 heavy (non-hydrogen) atoms. The lowest BCUT2D eigenvalue weighted by atomic mass is 9.97. The number of hydrogen-bond acceptors (Lipinski definition) is 5. The van der Waals surface area contributed by atoms with Gasteiger partial charge in [-0.2, -0.15) is 15.4 Å². The molecule has 0 saturated heterocycles. The number of nitrogens with zero attached hydrogens (tertiary/aromatic N) is 5. The molecule has 4 rings (SSSR count). The highest BCUT2D eigenvalue weighted by Crippen LogP contribution is 2.32. The molecule has 0 radical (unpaired) electrons.